The maximum Gasteiger partial charge on any atom is 0.137 e. The molecule has 3 heteroatoms. The normalized spacial score (nSPS) is 10.3. The number of benzene rings is 1. The Bertz CT molecular complexity index is 471. The van der Waals surface area contributed by atoms with Crippen LogP contribution in [0.4, 0.5) is 0 Å². The Kier molecular flexibility index (Phi) is 3.15. The molecule has 1 aromatic carbocycles. The highest BCUT2D eigenvalue weighted by molar-refractivity contribution is 5.59. The third-order valence-corrected chi connectivity index (χ3v) is 2.54. The molecule has 0 unspecified atom stereocenters. The third-order valence-electron chi connectivity index (χ3n) is 2.54. The Hall–Kier alpha value is -1.90. The fourth-order valence-corrected chi connectivity index (χ4v) is 1.58. The van der Waals surface area contributed by atoms with Crippen LogP contribution in [0, 0.1) is 0 Å². The van der Waals surface area contributed by atoms with Crippen LogP contribution in [-0.2, 0) is 17.6 Å². The first-order valence-corrected chi connectivity index (χ1v) is 5.40. The summed E-state index contributed by atoms with van der Waals surface area (Å²) in [5.74, 6) is 0.884. The zero-order chi connectivity index (χ0) is 11.4. The highest BCUT2D eigenvalue weighted by atomic mass is 16.1. The van der Waals surface area contributed by atoms with E-state index < -0.39 is 0 Å². The van der Waals surface area contributed by atoms with Crippen LogP contribution < -0.4 is 0 Å². The van der Waals surface area contributed by atoms with Crippen molar-refractivity contribution >= 4 is 6.29 Å². The van der Waals surface area contributed by atoms with Crippen LogP contribution in [-0.4, -0.2) is 16.3 Å². The summed E-state index contributed by atoms with van der Waals surface area (Å²) in [5.41, 5.74) is 3.14. The van der Waals surface area contributed by atoms with Gasteiger partial charge in [0.25, 0.3) is 0 Å². The molecular formula is C13H14N2O. The summed E-state index contributed by atoms with van der Waals surface area (Å²) in [7, 11) is 0. The fourth-order valence-electron chi connectivity index (χ4n) is 1.58. The van der Waals surface area contributed by atoms with Gasteiger partial charge in [-0.25, -0.2) is 4.98 Å². The van der Waals surface area contributed by atoms with Crippen molar-refractivity contribution in [3.8, 4) is 11.4 Å². The highest BCUT2D eigenvalue weighted by Gasteiger charge is 2.02. The fraction of sp³-hybridized carbons (Fsp3) is 0.231. The average molecular weight is 214 g/mol. The van der Waals surface area contributed by atoms with E-state index in [-0.39, 0.29) is 0 Å². The molecule has 1 heterocycles. The topological polar surface area (TPSA) is 45.8 Å². The van der Waals surface area contributed by atoms with Gasteiger partial charge in [-0.15, -0.1) is 0 Å². The van der Waals surface area contributed by atoms with Gasteiger partial charge in [-0.2, -0.15) is 0 Å². The largest absolute Gasteiger partial charge is 0.344 e. The zero-order valence-corrected chi connectivity index (χ0v) is 9.23. The van der Waals surface area contributed by atoms with Gasteiger partial charge in [-0.05, 0) is 12.0 Å². The number of H-pyrrole nitrogens is 1. The van der Waals surface area contributed by atoms with E-state index in [0.717, 1.165) is 35.4 Å². The van der Waals surface area contributed by atoms with Crippen LogP contribution in [0.5, 0.6) is 0 Å². The number of aldehydes is 1. The van der Waals surface area contributed by atoms with E-state index >= 15 is 0 Å². The molecule has 0 saturated heterocycles. The van der Waals surface area contributed by atoms with E-state index in [1.54, 1.807) is 0 Å². The van der Waals surface area contributed by atoms with Crippen LogP contribution in [0.15, 0.2) is 30.5 Å². The second-order valence-electron chi connectivity index (χ2n) is 3.66. The number of aromatic nitrogens is 2. The van der Waals surface area contributed by atoms with Gasteiger partial charge >= 0.3 is 0 Å². The summed E-state index contributed by atoms with van der Waals surface area (Å²) >= 11 is 0. The van der Waals surface area contributed by atoms with Gasteiger partial charge in [0.15, 0.2) is 0 Å². The summed E-state index contributed by atoms with van der Waals surface area (Å²) in [6.07, 6.45) is 4.24. The summed E-state index contributed by atoms with van der Waals surface area (Å²) < 4.78 is 0. The number of aryl methyl sites for hydroxylation is 1. The lowest BCUT2D eigenvalue weighted by atomic mass is 10.1. The van der Waals surface area contributed by atoms with Crippen molar-refractivity contribution in [2.45, 2.75) is 19.8 Å². The lowest BCUT2D eigenvalue weighted by molar-refractivity contribution is -0.107. The molecule has 1 N–H and O–H groups in total. The number of imidazole rings is 1. The molecule has 0 atom stereocenters. The minimum atomic E-state index is 0.471. The van der Waals surface area contributed by atoms with E-state index in [0.29, 0.717) is 6.42 Å². The third kappa shape index (κ3) is 2.19. The Labute approximate surface area is 94.5 Å². The molecule has 0 aliphatic rings. The quantitative estimate of drug-likeness (QED) is 0.794. The lowest BCUT2D eigenvalue weighted by Crippen LogP contribution is -1.87. The molecule has 0 bridgehead atoms. The number of carbonyl (C=O) groups is 1. The van der Waals surface area contributed by atoms with Crippen molar-refractivity contribution in [3.63, 3.8) is 0 Å². The van der Waals surface area contributed by atoms with E-state index in [2.05, 4.69) is 16.9 Å². The van der Waals surface area contributed by atoms with Gasteiger partial charge in [0.1, 0.15) is 12.1 Å². The molecule has 0 amide bonds. The molecule has 0 saturated carbocycles. The van der Waals surface area contributed by atoms with Gasteiger partial charge in [0, 0.05) is 18.2 Å². The van der Waals surface area contributed by atoms with Crippen LogP contribution >= 0.6 is 0 Å². The van der Waals surface area contributed by atoms with Crippen molar-refractivity contribution in [1.29, 1.82) is 0 Å². The molecule has 0 radical (unpaired) electrons. The van der Waals surface area contributed by atoms with Crippen LogP contribution in [0.3, 0.4) is 0 Å². The lowest BCUT2D eigenvalue weighted by Gasteiger charge is -1.98. The summed E-state index contributed by atoms with van der Waals surface area (Å²) in [4.78, 5) is 17.9. The van der Waals surface area contributed by atoms with Crippen molar-refractivity contribution in [2.24, 2.45) is 0 Å². The molecular weight excluding hydrogens is 200 g/mol. The molecule has 3 nitrogen and oxygen atoms in total. The molecule has 82 valence electrons. The van der Waals surface area contributed by atoms with E-state index in [4.69, 9.17) is 0 Å². The smallest absolute Gasteiger partial charge is 0.137 e. The van der Waals surface area contributed by atoms with Crippen LogP contribution in [0.2, 0.25) is 0 Å². The Balaban J connectivity index is 2.23. The van der Waals surface area contributed by atoms with Gasteiger partial charge in [0.05, 0.1) is 5.69 Å². The monoisotopic (exact) mass is 214 g/mol. The standard InChI is InChI=1S/C13H14N2O/c1-2-12-9-14-13(15-12)11-5-3-10(4-6-11)7-8-16/h3-6,8-9H,2,7H2,1H3,(H,14,15). The second-order valence-corrected chi connectivity index (χ2v) is 3.66. The first-order valence-electron chi connectivity index (χ1n) is 5.40. The molecule has 0 spiro atoms. The summed E-state index contributed by atoms with van der Waals surface area (Å²) in [5, 5.41) is 0. The number of carbonyl (C=O) groups excluding carboxylic acids is 1. The van der Waals surface area contributed by atoms with E-state index in [9.17, 15) is 4.79 Å². The predicted molar refractivity (Wildman–Crippen MR) is 63.2 cm³/mol. The number of nitrogens with zero attached hydrogens (tertiary/aromatic N) is 1. The van der Waals surface area contributed by atoms with Crippen molar-refractivity contribution in [1.82, 2.24) is 9.97 Å². The van der Waals surface area contributed by atoms with Gasteiger partial charge in [-0.1, -0.05) is 31.2 Å². The number of nitrogens with one attached hydrogen (secondary N) is 1. The van der Waals surface area contributed by atoms with Gasteiger partial charge in [-0.3, -0.25) is 0 Å². The van der Waals surface area contributed by atoms with Crippen LogP contribution in [0.1, 0.15) is 18.2 Å². The first kappa shape index (κ1) is 10.6. The van der Waals surface area contributed by atoms with E-state index in [1.807, 2.05) is 30.5 Å². The average Bonchev–Trinajstić information content (AvgIpc) is 2.79. The maximum atomic E-state index is 10.4. The summed E-state index contributed by atoms with van der Waals surface area (Å²) in [6.45, 7) is 2.08. The predicted octanol–water partition coefficient (Wildman–Crippen LogP) is 2.38. The maximum absolute atomic E-state index is 10.4. The SMILES string of the molecule is CCc1c[nH]c(-c2ccc(CC=O)cc2)n1. The number of aromatic amines is 1. The summed E-state index contributed by atoms with van der Waals surface area (Å²) in [6, 6.07) is 7.88. The molecule has 2 rings (SSSR count). The van der Waals surface area contributed by atoms with Crippen molar-refractivity contribution in [3.05, 3.63) is 41.7 Å². The molecule has 0 aliphatic heterocycles. The van der Waals surface area contributed by atoms with E-state index in [1.165, 1.54) is 0 Å². The molecule has 2 aromatic rings. The Morgan fingerprint density at radius 3 is 2.62 bits per heavy atom. The minimum Gasteiger partial charge on any atom is -0.344 e. The van der Waals surface area contributed by atoms with Crippen LogP contribution in [0.25, 0.3) is 11.4 Å². The zero-order valence-electron chi connectivity index (χ0n) is 9.23. The van der Waals surface area contributed by atoms with Gasteiger partial charge < -0.3 is 9.78 Å². The Morgan fingerprint density at radius 2 is 2.06 bits per heavy atom. The first-order chi connectivity index (χ1) is 7.83. The number of hydrogen-bond donors (Lipinski definition) is 1. The number of hydrogen-bond acceptors (Lipinski definition) is 2. The molecule has 16 heavy (non-hydrogen) atoms. The highest BCUT2D eigenvalue weighted by Crippen LogP contribution is 2.16. The van der Waals surface area contributed by atoms with Crippen molar-refractivity contribution in [2.75, 3.05) is 0 Å². The van der Waals surface area contributed by atoms with Crippen molar-refractivity contribution < 1.29 is 4.79 Å². The molecule has 0 fully saturated rings. The minimum absolute atomic E-state index is 0.471. The number of rotatable bonds is 4. The molecule has 1 aromatic heterocycles. The Morgan fingerprint density at radius 1 is 1.31 bits per heavy atom. The van der Waals surface area contributed by atoms with Gasteiger partial charge in [0.2, 0.25) is 0 Å². The second kappa shape index (κ2) is 4.75. The molecule has 0 aliphatic carbocycles.